The maximum absolute atomic E-state index is 6.83. The largest absolute Gasteiger partial charge is 0.456 e. The van der Waals surface area contributed by atoms with Crippen LogP contribution in [0.2, 0.25) is 0 Å². The molecule has 1 heterocycles. The Hall–Kier alpha value is -6.78. The molecule has 242 valence electrons. The molecular formula is C47H33N3O. The van der Waals surface area contributed by atoms with Gasteiger partial charge >= 0.3 is 0 Å². The van der Waals surface area contributed by atoms with Crippen LogP contribution in [-0.4, -0.2) is 11.7 Å². The van der Waals surface area contributed by atoms with Gasteiger partial charge in [0.2, 0.25) is 0 Å². The summed E-state index contributed by atoms with van der Waals surface area (Å²) in [5.41, 5.74) is 15.9. The first-order valence-electron chi connectivity index (χ1n) is 17.1. The fourth-order valence-corrected chi connectivity index (χ4v) is 7.03. The molecule has 0 saturated carbocycles. The van der Waals surface area contributed by atoms with Crippen molar-refractivity contribution in [3.05, 3.63) is 193 Å². The summed E-state index contributed by atoms with van der Waals surface area (Å²) in [6.07, 6.45) is 0. The topological polar surface area (TPSA) is 63.9 Å². The van der Waals surface area contributed by atoms with Crippen LogP contribution in [0, 0.1) is 0 Å². The number of nitrogens with two attached hydrogens (primary N) is 1. The molecule has 0 saturated heterocycles. The number of nitrogens with zero attached hydrogens (tertiary/aromatic N) is 2. The molecule has 0 radical (unpaired) electrons. The van der Waals surface area contributed by atoms with Crippen LogP contribution in [0.25, 0.3) is 65.7 Å². The first kappa shape index (κ1) is 30.3. The van der Waals surface area contributed by atoms with E-state index < -0.39 is 0 Å². The Morgan fingerprint density at radius 1 is 0.490 bits per heavy atom. The first-order chi connectivity index (χ1) is 25.2. The molecule has 4 nitrogen and oxygen atoms in total. The quantitative estimate of drug-likeness (QED) is 0.143. The van der Waals surface area contributed by atoms with Gasteiger partial charge in [0.1, 0.15) is 17.0 Å². The number of rotatable bonds is 6. The Morgan fingerprint density at radius 2 is 1.18 bits per heavy atom. The lowest BCUT2D eigenvalue weighted by atomic mass is 9.92. The second-order valence-corrected chi connectivity index (χ2v) is 12.8. The van der Waals surface area contributed by atoms with Crippen molar-refractivity contribution in [3.63, 3.8) is 0 Å². The minimum Gasteiger partial charge on any atom is -0.456 e. The highest BCUT2D eigenvalue weighted by Crippen LogP contribution is 2.40. The summed E-state index contributed by atoms with van der Waals surface area (Å²) in [4.78, 5) is 10.3. The van der Waals surface area contributed by atoms with Gasteiger partial charge in [0.05, 0.1) is 6.54 Å². The number of benzene rings is 8. The molecule has 0 unspecified atom stereocenters. The Balaban J connectivity index is 1.22. The Kier molecular flexibility index (Phi) is 7.67. The van der Waals surface area contributed by atoms with Gasteiger partial charge in [-0.05, 0) is 85.8 Å². The molecule has 0 amide bonds. The molecule has 0 aliphatic heterocycles. The Morgan fingerprint density at radius 3 is 2.06 bits per heavy atom. The first-order valence-corrected chi connectivity index (χ1v) is 17.1. The van der Waals surface area contributed by atoms with Crippen molar-refractivity contribution >= 4 is 55.2 Å². The molecule has 0 aliphatic carbocycles. The van der Waals surface area contributed by atoms with Gasteiger partial charge in [-0.3, -0.25) is 4.99 Å². The van der Waals surface area contributed by atoms with Crippen molar-refractivity contribution in [1.82, 2.24) is 0 Å². The van der Waals surface area contributed by atoms with E-state index in [0.717, 1.165) is 76.9 Å². The summed E-state index contributed by atoms with van der Waals surface area (Å²) in [6.45, 7) is 0.439. The molecule has 2 N–H and O–H groups in total. The van der Waals surface area contributed by atoms with Crippen molar-refractivity contribution in [2.24, 2.45) is 15.7 Å². The molecule has 1 aromatic heterocycles. The number of fused-ring (bicyclic) bond motifs is 5. The van der Waals surface area contributed by atoms with E-state index in [1.807, 2.05) is 42.5 Å². The number of amidine groups is 2. The summed E-state index contributed by atoms with van der Waals surface area (Å²) >= 11 is 0. The van der Waals surface area contributed by atoms with E-state index in [9.17, 15) is 0 Å². The summed E-state index contributed by atoms with van der Waals surface area (Å²) in [5, 5.41) is 6.67. The van der Waals surface area contributed by atoms with Gasteiger partial charge in [-0.2, -0.15) is 0 Å². The van der Waals surface area contributed by atoms with Crippen LogP contribution in [0.15, 0.2) is 190 Å². The minimum absolute atomic E-state index is 0.412. The molecule has 8 aromatic carbocycles. The highest BCUT2D eigenvalue weighted by Gasteiger charge is 2.17. The highest BCUT2D eigenvalue weighted by molar-refractivity contribution is 6.18. The number of hydrogen-bond donors (Lipinski definition) is 1. The standard InChI is InChI=1S/C47H33N3O/c48-46(37-25-24-33-15-4-5-16-35(33)27-37)50-47(49-30-31-12-10-18-34(26-31)32-13-2-1-3-14-32)38-28-36-17-6-7-19-39(36)42(29-38)40-21-11-23-44-45(40)41-20-8-9-22-43(41)51-44/h1-29H,30H2,(H2,48,49,50). The van der Waals surface area contributed by atoms with Gasteiger partial charge in [0.25, 0.3) is 0 Å². The van der Waals surface area contributed by atoms with Crippen LogP contribution >= 0.6 is 0 Å². The van der Waals surface area contributed by atoms with Gasteiger partial charge in [-0.1, -0.05) is 140 Å². The number of hydrogen-bond acceptors (Lipinski definition) is 2. The van der Waals surface area contributed by atoms with Crippen LogP contribution in [0.4, 0.5) is 0 Å². The van der Waals surface area contributed by atoms with Crippen LogP contribution in [-0.2, 0) is 6.54 Å². The maximum atomic E-state index is 6.83. The smallest absolute Gasteiger partial charge is 0.157 e. The van der Waals surface area contributed by atoms with Crippen LogP contribution < -0.4 is 5.73 Å². The second-order valence-electron chi connectivity index (χ2n) is 12.8. The predicted octanol–water partition coefficient (Wildman–Crippen LogP) is 11.6. The number of aliphatic imine (C=N–C) groups is 2. The molecule has 0 bridgehead atoms. The average molecular weight is 656 g/mol. The number of furan rings is 1. The van der Waals surface area contributed by atoms with Crippen LogP contribution in [0.5, 0.6) is 0 Å². The fraction of sp³-hybridized carbons (Fsp3) is 0.0213. The van der Waals surface area contributed by atoms with E-state index in [1.165, 1.54) is 5.56 Å². The van der Waals surface area contributed by atoms with Gasteiger partial charge in [-0.25, -0.2) is 4.99 Å². The van der Waals surface area contributed by atoms with E-state index in [2.05, 4.69) is 133 Å². The third-order valence-electron chi connectivity index (χ3n) is 9.53. The summed E-state index contributed by atoms with van der Waals surface area (Å²) in [7, 11) is 0. The normalized spacial score (nSPS) is 12.3. The van der Waals surface area contributed by atoms with Crippen LogP contribution in [0.1, 0.15) is 16.7 Å². The summed E-state index contributed by atoms with van der Waals surface area (Å²) in [6, 6.07) is 60.8. The van der Waals surface area contributed by atoms with E-state index >= 15 is 0 Å². The van der Waals surface area contributed by atoms with Crippen molar-refractivity contribution in [2.45, 2.75) is 6.54 Å². The minimum atomic E-state index is 0.412. The Bertz CT molecular complexity index is 2790. The molecule has 9 aromatic rings. The van der Waals surface area contributed by atoms with Crippen molar-refractivity contribution in [2.75, 3.05) is 0 Å². The maximum Gasteiger partial charge on any atom is 0.157 e. The lowest BCUT2D eigenvalue weighted by Crippen LogP contribution is -2.16. The molecule has 0 atom stereocenters. The zero-order valence-electron chi connectivity index (χ0n) is 27.8. The molecular weight excluding hydrogens is 623 g/mol. The molecule has 9 rings (SSSR count). The van der Waals surface area contributed by atoms with Gasteiger partial charge in [0, 0.05) is 21.9 Å². The van der Waals surface area contributed by atoms with E-state index in [1.54, 1.807) is 0 Å². The third kappa shape index (κ3) is 5.83. The third-order valence-corrected chi connectivity index (χ3v) is 9.53. The van der Waals surface area contributed by atoms with E-state index in [4.69, 9.17) is 20.1 Å². The lowest BCUT2D eigenvalue weighted by molar-refractivity contribution is 0.669. The average Bonchev–Trinajstić information content (AvgIpc) is 3.58. The predicted molar refractivity (Wildman–Crippen MR) is 213 cm³/mol. The SMILES string of the molecule is N/C(=N\C(=N/Cc1cccc(-c2ccccc2)c1)c1cc(-c2cccc3oc4ccccc4c23)c2ccccc2c1)c1ccc2ccccc2c1. The van der Waals surface area contributed by atoms with Crippen molar-refractivity contribution < 1.29 is 4.42 Å². The van der Waals surface area contributed by atoms with Gasteiger partial charge < -0.3 is 10.2 Å². The lowest BCUT2D eigenvalue weighted by Gasteiger charge is -2.13. The molecule has 0 fully saturated rings. The monoisotopic (exact) mass is 655 g/mol. The van der Waals surface area contributed by atoms with Crippen molar-refractivity contribution in [1.29, 1.82) is 0 Å². The summed E-state index contributed by atoms with van der Waals surface area (Å²) in [5.74, 6) is 0.984. The van der Waals surface area contributed by atoms with E-state index in [-0.39, 0.29) is 0 Å². The van der Waals surface area contributed by atoms with Gasteiger partial charge in [0.15, 0.2) is 5.84 Å². The van der Waals surface area contributed by atoms with Crippen LogP contribution in [0.3, 0.4) is 0 Å². The number of para-hydroxylation sites is 1. The van der Waals surface area contributed by atoms with Crippen molar-refractivity contribution in [3.8, 4) is 22.3 Å². The van der Waals surface area contributed by atoms with E-state index in [0.29, 0.717) is 18.2 Å². The van der Waals surface area contributed by atoms with Gasteiger partial charge in [-0.15, -0.1) is 0 Å². The molecule has 4 heteroatoms. The second kappa shape index (κ2) is 12.9. The zero-order valence-corrected chi connectivity index (χ0v) is 27.8. The molecule has 0 spiro atoms. The summed E-state index contributed by atoms with van der Waals surface area (Å²) < 4.78 is 6.30. The molecule has 0 aliphatic rings. The zero-order chi connectivity index (χ0) is 34.1. The highest BCUT2D eigenvalue weighted by atomic mass is 16.3. The fourth-order valence-electron chi connectivity index (χ4n) is 7.03. The Labute approximate surface area is 295 Å². The molecule has 51 heavy (non-hydrogen) atoms.